The Bertz CT molecular complexity index is 117. The van der Waals surface area contributed by atoms with Gasteiger partial charge in [0.25, 0.3) is 0 Å². The van der Waals surface area contributed by atoms with Crippen molar-refractivity contribution in [2.24, 2.45) is 0 Å². The monoisotopic (exact) mass is 219 g/mol. The van der Waals surface area contributed by atoms with Gasteiger partial charge in [-0.1, -0.05) is 12.6 Å². The molecule has 0 aliphatic carbocycles. The summed E-state index contributed by atoms with van der Waals surface area (Å²) in [6.07, 6.45) is 0.643. The summed E-state index contributed by atoms with van der Waals surface area (Å²) in [4.78, 5) is -3.55. The van der Waals surface area contributed by atoms with Gasteiger partial charge < -0.3 is 0 Å². The number of halogens is 4. The highest BCUT2D eigenvalue weighted by Gasteiger charge is 2.30. The number of hydrogen-bond acceptors (Lipinski definition) is 0. The van der Waals surface area contributed by atoms with E-state index >= 15 is 0 Å². The smallest absolute Gasteiger partial charge is 0.204 e. The fraction of sp³-hybridized carbons (Fsp3) is 0.500. The average Bonchev–Trinajstić information content (AvgIpc) is 1.64. The molecule has 0 aliphatic rings. The Morgan fingerprint density at radius 3 is 2.22 bits per heavy atom. The maximum atomic E-state index is 11.9. The molecule has 0 saturated heterocycles. The van der Waals surface area contributed by atoms with Crippen molar-refractivity contribution in [2.75, 3.05) is 5.75 Å². The molecule has 0 heterocycles. The van der Waals surface area contributed by atoms with Gasteiger partial charge in [-0.3, -0.25) is 0 Å². The van der Waals surface area contributed by atoms with Crippen LogP contribution in [0, 0.1) is 0 Å². The van der Waals surface area contributed by atoms with Gasteiger partial charge in [0.05, 0.1) is 0 Å². The molecule has 0 atom stereocenters. The van der Waals surface area contributed by atoms with E-state index in [9.17, 15) is 13.2 Å². The fourth-order valence-corrected chi connectivity index (χ4v) is 0.497. The summed E-state index contributed by atoms with van der Waals surface area (Å²) in [5, 5.41) is 0. The number of hydrogen-bond donors (Lipinski definition) is 0. The molecular weight excluding hydrogens is 217 g/mol. The highest BCUT2D eigenvalue weighted by Crippen LogP contribution is 2.31. The molecule has 0 unspecified atom stereocenters. The Morgan fingerprint density at radius 2 is 2.11 bits per heavy atom. The predicted octanol–water partition coefficient (Wildman–Crippen LogP) is 3.03. The van der Waals surface area contributed by atoms with Crippen LogP contribution in [0.25, 0.3) is 0 Å². The van der Waals surface area contributed by atoms with Gasteiger partial charge in [-0.15, -0.1) is 0 Å². The van der Waals surface area contributed by atoms with Crippen molar-refractivity contribution < 1.29 is 13.2 Å². The van der Waals surface area contributed by atoms with E-state index in [1.54, 1.807) is 0 Å². The molecule has 53 valence electrons. The quantitative estimate of drug-likeness (QED) is 0.627. The molecule has 0 spiro atoms. The molecule has 0 aliphatic heterocycles. The van der Waals surface area contributed by atoms with Crippen LogP contribution in [-0.4, -0.2) is 10.6 Å². The lowest BCUT2D eigenvalue weighted by atomic mass is 10.5. The van der Waals surface area contributed by atoms with Crippen LogP contribution in [0.5, 0.6) is 0 Å². The van der Waals surface area contributed by atoms with Crippen LogP contribution in [0.4, 0.5) is 13.2 Å². The van der Waals surface area contributed by atoms with Crippen molar-refractivity contribution in [1.82, 2.24) is 0 Å². The highest BCUT2D eigenvalue weighted by atomic mass is 79.9. The molecule has 0 aromatic rings. The molecule has 0 amide bonds. The zero-order valence-corrected chi connectivity index (χ0v) is 6.61. The van der Waals surface area contributed by atoms with Gasteiger partial charge in [0.15, 0.2) is 5.83 Å². The summed E-state index contributed by atoms with van der Waals surface area (Å²) in [6.45, 7) is 0. The van der Waals surface area contributed by atoms with Gasteiger partial charge in [0.1, 0.15) is 0 Å². The first-order valence-corrected chi connectivity index (χ1v) is 3.36. The summed E-state index contributed by atoms with van der Waals surface area (Å²) in [6, 6.07) is 0. The van der Waals surface area contributed by atoms with E-state index in [4.69, 9.17) is 0 Å². The zero-order chi connectivity index (χ0) is 7.49. The van der Waals surface area contributed by atoms with Crippen LogP contribution in [0.3, 0.4) is 0 Å². The second-order valence-corrected chi connectivity index (χ2v) is 2.55. The third-order valence-corrected chi connectivity index (χ3v) is 1.08. The molecule has 1 radical (unpaired) electrons. The van der Waals surface area contributed by atoms with Gasteiger partial charge in [0, 0.05) is 5.75 Å². The molecule has 0 nitrogen and oxygen atoms in total. The Morgan fingerprint density at radius 1 is 1.67 bits per heavy atom. The largest absolute Gasteiger partial charge is 0.351 e. The minimum atomic E-state index is -3.55. The van der Waals surface area contributed by atoms with Gasteiger partial charge >= 0.3 is 4.83 Å². The minimum Gasteiger partial charge on any atom is -0.204 e. The highest BCUT2D eigenvalue weighted by molar-refractivity contribution is 9.10. The third-order valence-electron chi connectivity index (χ3n) is 0.533. The molecule has 5 heteroatoms. The maximum Gasteiger partial charge on any atom is 0.351 e. The van der Waals surface area contributed by atoms with E-state index in [1.165, 1.54) is 0 Å². The molecule has 0 rings (SSSR count). The van der Waals surface area contributed by atoms with Crippen LogP contribution >= 0.6 is 28.6 Å². The summed E-state index contributed by atoms with van der Waals surface area (Å²) in [7, 11) is 0. The summed E-state index contributed by atoms with van der Waals surface area (Å²) in [5.74, 6) is -1.68. The van der Waals surface area contributed by atoms with E-state index in [1.807, 2.05) is 15.9 Å². The number of allylic oxidation sites excluding steroid dienone is 1. The lowest BCUT2D eigenvalue weighted by molar-refractivity contribution is 0.127. The van der Waals surface area contributed by atoms with Crippen LogP contribution in [0.2, 0.25) is 0 Å². The Balaban J connectivity index is 4.03. The van der Waals surface area contributed by atoms with E-state index in [2.05, 4.69) is 12.6 Å². The van der Waals surface area contributed by atoms with Crippen LogP contribution in [-0.2, 0) is 0 Å². The van der Waals surface area contributed by atoms with Crippen molar-refractivity contribution in [1.29, 1.82) is 0 Å². The fourth-order valence-electron chi connectivity index (χ4n) is 0.189. The van der Waals surface area contributed by atoms with E-state index in [0.29, 0.717) is 6.08 Å². The molecule has 0 N–H and O–H groups in total. The van der Waals surface area contributed by atoms with Crippen LogP contribution < -0.4 is 0 Å². The van der Waals surface area contributed by atoms with Crippen LogP contribution in [0.15, 0.2) is 11.9 Å². The first kappa shape index (κ1) is 9.36. The van der Waals surface area contributed by atoms with E-state index < -0.39 is 10.7 Å². The van der Waals surface area contributed by atoms with Crippen molar-refractivity contribution in [3.05, 3.63) is 11.9 Å². The average molecular weight is 220 g/mol. The summed E-state index contributed by atoms with van der Waals surface area (Å²) >= 11 is 6.05. The normalized spacial score (nSPS) is 14.1. The van der Waals surface area contributed by atoms with Gasteiger partial charge in [-0.25, -0.2) is 4.39 Å². The lowest BCUT2D eigenvalue weighted by Gasteiger charge is -2.02. The second-order valence-electron chi connectivity index (χ2n) is 1.22. The van der Waals surface area contributed by atoms with Crippen molar-refractivity contribution >= 4 is 28.6 Å². The molecule has 0 saturated carbocycles. The molecule has 0 fully saturated rings. The lowest BCUT2D eigenvalue weighted by Crippen LogP contribution is -2.04. The van der Waals surface area contributed by atoms with Crippen LogP contribution in [0.1, 0.15) is 0 Å². The van der Waals surface area contributed by atoms with Crippen molar-refractivity contribution in [3.8, 4) is 0 Å². The van der Waals surface area contributed by atoms with E-state index in [-0.39, 0.29) is 5.75 Å². The predicted molar refractivity (Wildman–Crippen MR) is 35.5 cm³/mol. The standard InChI is InChI=1S/C4H3BrF3S/c5-4(7,8)3(6)1-2-9/h1H,2H2. The Kier molecular flexibility index (Phi) is 3.65. The van der Waals surface area contributed by atoms with Crippen molar-refractivity contribution in [3.63, 3.8) is 0 Å². The second kappa shape index (κ2) is 3.51. The Hall–Kier alpha value is 0.360. The third kappa shape index (κ3) is 3.86. The molecule has 0 aromatic heterocycles. The zero-order valence-electron chi connectivity index (χ0n) is 4.20. The summed E-state index contributed by atoms with van der Waals surface area (Å²) < 4.78 is 35.4. The summed E-state index contributed by atoms with van der Waals surface area (Å²) in [5.41, 5.74) is 0. The van der Waals surface area contributed by atoms with E-state index in [0.717, 1.165) is 0 Å². The first-order valence-electron chi connectivity index (χ1n) is 1.99. The first-order chi connectivity index (χ1) is 3.98. The molecule has 0 aromatic carbocycles. The maximum absolute atomic E-state index is 11.9. The molecule has 9 heavy (non-hydrogen) atoms. The number of rotatable bonds is 2. The topological polar surface area (TPSA) is 0 Å². The van der Waals surface area contributed by atoms with Gasteiger partial charge in [-0.2, -0.15) is 8.78 Å². The number of alkyl halides is 3. The Labute approximate surface area is 64.7 Å². The molecule has 0 bridgehead atoms. The SMILES string of the molecule is FC(=CC[S])C(F)(F)Br. The van der Waals surface area contributed by atoms with Gasteiger partial charge in [-0.05, 0) is 22.0 Å². The minimum absolute atomic E-state index is 0.146. The van der Waals surface area contributed by atoms with Crippen molar-refractivity contribution in [2.45, 2.75) is 4.83 Å². The van der Waals surface area contributed by atoms with Gasteiger partial charge in [0.2, 0.25) is 0 Å². The molecular formula is C4H3BrF3S.